The number of nitrogens with one attached hydrogen (secondary N) is 1. The van der Waals surface area contributed by atoms with Gasteiger partial charge in [0.1, 0.15) is 6.61 Å². The normalized spacial score (nSPS) is 10.6. The number of amides is 1. The average molecular weight is 455 g/mol. The Hall–Kier alpha value is -3.71. The molecule has 0 aliphatic heterocycles. The van der Waals surface area contributed by atoms with E-state index in [1.807, 2.05) is 30.3 Å². The number of benzene rings is 3. The first-order chi connectivity index (χ1) is 15.5. The van der Waals surface area contributed by atoms with Gasteiger partial charge in [0, 0.05) is 10.6 Å². The Morgan fingerprint density at radius 2 is 1.53 bits per heavy atom. The minimum absolute atomic E-state index is 0.377. The van der Waals surface area contributed by atoms with E-state index < -0.39 is 0 Å². The monoisotopic (exact) mass is 454 g/mol. The lowest BCUT2D eigenvalue weighted by atomic mass is 10.2. The minimum atomic E-state index is -0.378. The van der Waals surface area contributed by atoms with Gasteiger partial charge in [-0.25, -0.2) is 5.43 Å². The largest absolute Gasteiger partial charge is 0.493 e. The number of hydrogen-bond donors (Lipinski definition) is 1. The van der Waals surface area contributed by atoms with Crippen LogP contribution in [0, 0.1) is 0 Å². The second-order valence-corrected chi connectivity index (χ2v) is 7.03. The van der Waals surface area contributed by atoms with Gasteiger partial charge in [-0.1, -0.05) is 23.7 Å². The molecule has 0 unspecified atom stereocenters. The SMILES string of the molecule is COc1ccc(C(=O)N/N=C/c2ccc(OCc3ccc(Cl)cc3)c(OC)c2)cc1OC. The zero-order valence-corrected chi connectivity index (χ0v) is 18.7. The molecule has 0 spiro atoms. The molecule has 0 saturated carbocycles. The molecular weight excluding hydrogens is 432 g/mol. The fourth-order valence-corrected chi connectivity index (χ4v) is 2.96. The third-order valence-electron chi connectivity index (χ3n) is 4.52. The summed E-state index contributed by atoms with van der Waals surface area (Å²) in [6, 6.07) is 17.7. The molecule has 166 valence electrons. The van der Waals surface area contributed by atoms with Gasteiger partial charge in [0.2, 0.25) is 0 Å². The number of rotatable bonds is 9. The van der Waals surface area contributed by atoms with Crippen molar-refractivity contribution in [3.8, 4) is 23.0 Å². The van der Waals surface area contributed by atoms with E-state index in [4.69, 9.17) is 30.5 Å². The predicted molar refractivity (Wildman–Crippen MR) is 123 cm³/mol. The molecule has 7 nitrogen and oxygen atoms in total. The van der Waals surface area contributed by atoms with Crippen LogP contribution in [0.15, 0.2) is 65.8 Å². The van der Waals surface area contributed by atoms with Crippen molar-refractivity contribution in [3.63, 3.8) is 0 Å². The highest BCUT2D eigenvalue weighted by atomic mass is 35.5. The molecule has 0 saturated heterocycles. The van der Waals surface area contributed by atoms with Gasteiger partial charge in [0.25, 0.3) is 5.91 Å². The highest BCUT2D eigenvalue weighted by Gasteiger charge is 2.10. The van der Waals surface area contributed by atoms with E-state index in [-0.39, 0.29) is 5.91 Å². The summed E-state index contributed by atoms with van der Waals surface area (Å²) in [5.74, 6) is 1.77. The van der Waals surface area contributed by atoms with Gasteiger partial charge in [-0.15, -0.1) is 0 Å². The molecule has 0 aliphatic rings. The second-order valence-electron chi connectivity index (χ2n) is 6.59. The second kappa shape index (κ2) is 11.1. The number of halogens is 1. The quantitative estimate of drug-likeness (QED) is 0.374. The van der Waals surface area contributed by atoms with Crippen molar-refractivity contribution in [2.75, 3.05) is 21.3 Å². The molecule has 3 aromatic carbocycles. The fraction of sp³-hybridized carbons (Fsp3) is 0.167. The molecule has 0 radical (unpaired) electrons. The molecule has 3 aromatic rings. The molecule has 0 bridgehead atoms. The van der Waals surface area contributed by atoms with Crippen LogP contribution in [0.1, 0.15) is 21.5 Å². The molecule has 1 N–H and O–H groups in total. The summed E-state index contributed by atoms with van der Waals surface area (Å²) in [4.78, 5) is 12.3. The number of nitrogens with zero attached hydrogens (tertiary/aromatic N) is 1. The molecule has 1 amide bonds. The van der Waals surface area contributed by atoms with Crippen LogP contribution in [0.3, 0.4) is 0 Å². The van der Waals surface area contributed by atoms with E-state index in [1.54, 1.807) is 37.4 Å². The lowest BCUT2D eigenvalue weighted by molar-refractivity contribution is 0.0954. The number of carbonyl (C=O) groups excluding carboxylic acids is 1. The first-order valence-corrected chi connectivity index (χ1v) is 10.0. The van der Waals surface area contributed by atoms with Crippen LogP contribution in [-0.2, 0) is 6.61 Å². The van der Waals surface area contributed by atoms with Crippen molar-refractivity contribution in [1.29, 1.82) is 0 Å². The first-order valence-electron chi connectivity index (χ1n) is 9.64. The van der Waals surface area contributed by atoms with E-state index in [2.05, 4.69) is 10.5 Å². The zero-order valence-electron chi connectivity index (χ0n) is 17.9. The summed E-state index contributed by atoms with van der Waals surface area (Å²) in [6.07, 6.45) is 1.52. The van der Waals surface area contributed by atoms with Crippen LogP contribution in [0.25, 0.3) is 0 Å². The standard InChI is InChI=1S/C24H23ClN2O5/c1-29-20-11-7-18(13-23(20)31-3)24(28)27-26-14-17-6-10-21(22(12-17)30-2)32-15-16-4-8-19(25)9-5-16/h4-14H,15H2,1-3H3,(H,27,28)/b26-14+. The van der Waals surface area contributed by atoms with Crippen molar-refractivity contribution in [3.05, 3.63) is 82.4 Å². The van der Waals surface area contributed by atoms with Crippen molar-refractivity contribution < 1.29 is 23.7 Å². The Morgan fingerprint density at radius 1 is 0.875 bits per heavy atom. The third kappa shape index (κ3) is 5.92. The van der Waals surface area contributed by atoms with Gasteiger partial charge in [0.05, 0.1) is 27.5 Å². The predicted octanol–water partition coefficient (Wildman–Crippen LogP) is 4.71. The van der Waals surface area contributed by atoms with E-state index in [9.17, 15) is 4.79 Å². The molecule has 32 heavy (non-hydrogen) atoms. The maximum absolute atomic E-state index is 12.3. The van der Waals surface area contributed by atoms with Crippen molar-refractivity contribution in [2.24, 2.45) is 5.10 Å². The van der Waals surface area contributed by atoms with Crippen LogP contribution in [-0.4, -0.2) is 33.5 Å². The van der Waals surface area contributed by atoms with E-state index in [1.165, 1.54) is 20.4 Å². The summed E-state index contributed by atoms with van der Waals surface area (Å²) in [7, 11) is 4.60. The van der Waals surface area contributed by atoms with Gasteiger partial charge in [-0.2, -0.15) is 5.10 Å². The van der Waals surface area contributed by atoms with Crippen molar-refractivity contribution in [2.45, 2.75) is 6.61 Å². The Kier molecular flexibility index (Phi) is 7.94. The number of carbonyl (C=O) groups is 1. The molecule has 3 rings (SSSR count). The molecule has 0 fully saturated rings. The van der Waals surface area contributed by atoms with Crippen LogP contribution in [0.5, 0.6) is 23.0 Å². The molecule has 8 heteroatoms. The maximum Gasteiger partial charge on any atom is 0.271 e. The lowest BCUT2D eigenvalue weighted by Crippen LogP contribution is -2.17. The maximum atomic E-state index is 12.3. The Bertz CT molecular complexity index is 1100. The Morgan fingerprint density at radius 3 is 2.22 bits per heavy atom. The minimum Gasteiger partial charge on any atom is -0.493 e. The Labute approximate surface area is 191 Å². The fourth-order valence-electron chi connectivity index (χ4n) is 2.83. The van der Waals surface area contributed by atoms with Gasteiger partial charge in [-0.05, 0) is 59.7 Å². The van der Waals surface area contributed by atoms with Gasteiger partial charge < -0.3 is 18.9 Å². The van der Waals surface area contributed by atoms with Crippen LogP contribution < -0.4 is 24.4 Å². The van der Waals surface area contributed by atoms with Crippen LogP contribution in [0.4, 0.5) is 0 Å². The number of hydrazone groups is 1. The molecule has 0 aliphatic carbocycles. The first kappa shape index (κ1) is 23.0. The molecular formula is C24H23ClN2O5. The topological polar surface area (TPSA) is 78.4 Å². The van der Waals surface area contributed by atoms with Crippen molar-refractivity contribution in [1.82, 2.24) is 5.43 Å². The molecule has 0 heterocycles. The molecule has 0 atom stereocenters. The van der Waals surface area contributed by atoms with Crippen LogP contribution in [0.2, 0.25) is 5.02 Å². The van der Waals surface area contributed by atoms with Gasteiger partial charge >= 0.3 is 0 Å². The van der Waals surface area contributed by atoms with Gasteiger partial charge in [-0.3, -0.25) is 4.79 Å². The average Bonchev–Trinajstić information content (AvgIpc) is 2.83. The summed E-state index contributed by atoms with van der Waals surface area (Å²) in [5.41, 5.74) is 4.60. The van der Waals surface area contributed by atoms with E-state index >= 15 is 0 Å². The van der Waals surface area contributed by atoms with Gasteiger partial charge in [0.15, 0.2) is 23.0 Å². The third-order valence-corrected chi connectivity index (χ3v) is 4.77. The Balaban J connectivity index is 1.63. The number of ether oxygens (including phenoxy) is 4. The summed E-state index contributed by atoms with van der Waals surface area (Å²) in [5, 5.41) is 4.69. The van der Waals surface area contributed by atoms with E-state index in [0.717, 1.165) is 11.1 Å². The summed E-state index contributed by atoms with van der Waals surface area (Å²) < 4.78 is 21.7. The zero-order chi connectivity index (χ0) is 22.9. The smallest absolute Gasteiger partial charge is 0.271 e. The van der Waals surface area contributed by atoms with Crippen molar-refractivity contribution >= 4 is 23.7 Å². The molecule has 0 aromatic heterocycles. The lowest BCUT2D eigenvalue weighted by Gasteiger charge is -2.11. The van der Waals surface area contributed by atoms with E-state index in [0.29, 0.717) is 40.2 Å². The summed E-state index contributed by atoms with van der Waals surface area (Å²) in [6.45, 7) is 0.377. The highest BCUT2D eigenvalue weighted by Crippen LogP contribution is 2.29. The highest BCUT2D eigenvalue weighted by molar-refractivity contribution is 6.30. The number of hydrogen-bond acceptors (Lipinski definition) is 6. The summed E-state index contributed by atoms with van der Waals surface area (Å²) >= 11 is 5.91. The number of methoxy groups -OCH3 is 3. The van der Waals surface area contributed by atoms with Crippen LogP contribution >= 0.6 is 11.6 Å².